The van der Waals surface area contributed by atoms with Gasteiger partial charge in [0.15, 0.2) is 0 Å². The first-order valence-electron chi connectivity index (χ1n) is 10.4. The summed E-state index contributed by atoms with van der Waals surface area (Å²) in [6.07, 6.45) is 5.88. The molecular weight excluding hydrogens is 320 g/mol. The second-order valence-electron chi connectivity index (χ2n) is 6.86. The summed E-state index contributed by atoms with van der Waals surface area (Å²) >= 11 is 0. The van der Waals surface area contributed by atoms with Crippen LogP contribution in [0.1, 0.15) is 67.5 Å². The summed E-state index contributed by atoms with van der Waals surface area (Å²) in [5.41, 5.74) is 0. The van der Waals surface area contributed by atoms with Gasteiger partial charge in [0, 0.05) is 18.8 Å². The van der Waals surface area contributed by atoms with Crippen LogP contribution in [0.3, 0.4) is 0 Å². The second-order valence-corrected chi connectivity index (χ2v) is 6.86. The minimum Gasteiger partial charge on any atom is -0.481 e. The number of aliphatic carboxylic acids is 1. The van der Waals surface area contributed by atoms with Crippen LogP contribution in [0.4, 0.5) is 0 Å². The minimum absolute atomic E-state index is 0.0400. The summed E-state index contributed by atoms with van der Waals surface area (Å²) < 4.78 is 16.0. The molecule has 1 saturated carbocycles. The topological polar surface area (TPSA) is 98.0 Å². The largest absolute Gasteiger partial charge is 0.481 e. The molecule has 0 unspecified atom stereocenters. The van der Waals surface area contributed by atoms with E-state index in [1.807, 2.05) is 0 Å². The average Bonchev–Trinajstić information content (AvgIpc) is 2.86. The number of unbranched alkanes of at least 4 members (excludes halogenated alkanes) is 2. The van der Waals surface area contributed by atoms with Crippen LogP contribution in [0.15, 0.2) is 24.3 Å². The first-order valence-corrected chi connectivity index (χ1v) is 9.35. The highest BCUT2D eigenvalue weighted by molar-refractivity contribution is 5.66. The van der Waals surface area contributed by atoms with Gasteiger partial charge in [-0.15, -0.1) is 0 Å². The quantitative estimate of drug-likeness (QED) is 0.317. The Morgan fingerprint density at radius 1 is 1.24 bits per heavy atom. The lowest BCUT2D eigenvalue weighted by atomic mass is 9.89. The van der Waals surface area contributed by atoms with Crippen molar-refractivity contribution >= 4 is 5.97 Å². The molecule has 0 heterocycles. The van der Waals surface area contributed by atoms with E-state index in [1.54, 1.807) is 12.2 Å². The van der Waals surface area contributed by atoms with Crippen LogP contribution in [0.5, 0.6) is 0 Å². The highest BCUT2D eigenvalue weighted by Crippen LogP contribution is 2.36. The third kappa shape index (κ3) is 8.66. The van der Waals surface area contributed by atoms with Gasteiger partial charge in [-0.3, -0.25) is 4.79 Å². The van der Waals surface area contributed by atoms with E-state index in [9.17, 15) is 20.1 Å². The van der Waals surface area contributed by atoms with Crippen molar-refractivity contribution in [2.24, 2.45) is 11.8 Å². The Labute approximate surface area is 153 Å². The molecule has 144 valence electrons. The second kappa shape index (κ2) is 12.2. The number of aliphatic hydroxyl groups excluding tert-OH is 3. The highest BCUT2D eigenvalue weighted by atomic mass is 16.4. The molecule has 25 heavy (non-hydrogen) atoms. The summed E-state index contributed by atoms with van der Waals surface area (Å²) in [5.74, 6) is -1.68. The number of carboxylic acid groups (broad SMARTS) is 1. The van der Waals surface area contributed by atoms with E-state index in [2.05, 4.69) is 6.92 Å². The fraction of sp³-hybridized carbons (Fsp3) is 0.750. The summed E-state index contributed by atoms with van der Waals surface area (Å²) in [4.78, 5) is 10.5. The Kier molecular flexibility index (Phi) is 9.10. The third-order valence-corrected chi connectivity index (χ3v) is 4.73. The van der Waals surface area contributed by atoms with Gasteiger partial charge >= 0.3 is 5.97 Å². The van der Waals surface area contributed by atoms with Gasteiger partial charge in [-0.1, -0.05) is 50.4 Å². The summed E-state index contributed by atoms with van der Waals surface area (Å²) in [6, 6.07) is 0.146. The SMILES string of the molecule is [3H]/C(CCCC(=O)O)=C(\[3H])C[C@H]1[C@@H](/C=C/[C@H](O)CCCCC)[C@H](O)C[C@@H]1O. The van der Waals surface area contributed by atoms with Crippen LogP contribution in [0, 0.1) is 11.8 Å². The molecular formula is C20H34O5. The number of aliphatic hydroxyl groups is 3. The van der Waals surface area contributed by atoms with E-state index >= 15 is 0 Å². The van der Waals surface area contributed by atoms with Crippen molar-refractivity contribution < 1.29 is 28.0 Å². The molecule has 5 nitrogen and oxygen atoms in total. The molecule has 0 aromatic carbocycles. The monoisotopic (exact) mass is 358 g/mol. The zero-order valence-electron chi connectivity index (χ0n) is 17.1. The van der Waals surface area contributed by atoms with Crippen LogP contribution in [-0.2, 0) is 4.79 Å². The van der Waals surface area contributed by atoms with Crippen LogP contribution >= 0.6 is 0 Å². The van der Waals surface area contributed by atoms with Crippen molar-refractivity contribution in [2.75, 3.05) is 0 Å². The molecule has 1 aliphatic rings. The number of allylic oxidation sites excluding steroid dienone is 2. The van der Waals surface area contributed by atoms with Gasteiger partial charge in [-0.2, -0.15) is 0 Å². The van der Waals surface area contributed by atoms with Gasteiger partial charge in [0.05, 0.1) is 21.1 Å². The summed E-state index contributed by atoms with van der Waals surface area (Å²) in [7, 11) is 0. The van der Waals surface area contributed by atoms with Gasteiger partial charge < -0.3 is 20.4 Å². The predicted octanol–water partition coefficient (Wildman–Crippen LogP) is 3.04. The number of rotatable bonds is 12. The molecule has 0 aromatic heterocycles. The third-order valence-electron chi connectivity index (χ3n) is 4.73. The molecule has 0 aromatic rings. The fourth-order valence-corrected chi connectivity index (χ4v) is 3.23. The average molecular weight is 359 g/mol. The zero-order chi connectivity index (χ0) is 20.4. The van der Waals surface area contributed by atoms with Gasteiger partial charge in [0.1, 0.15) is 0 Å². The van der Waals surface area contributed by atoms with Gasteiger partial charge in [-0.05, 0) is 31.6 Å². The van der Waals surface area contributed by atoms with E-state index in [0.29, 0.717) is 12.8 Å². The van der Waals surface area contributed by atoms with Gasteiger partial charge in [0.25, 0.3) is 0 Å². The maximum absolute atomic E-state index is 10.5. The predicted molar refractivity (Wildman–Crippen MR) is 98.1 cm³/mol. The molecule has 0 spiro atoms. The number of carbonyl (C=O) groups is 1. The van der Waals surface area contributed by atoms with Crippen molar-refractivity contribution in [3.05, 3.63) is 24.3 Å². The van der Waals surface area contributed by atoms with Crippen molar-refractivity contribution in [1.29, 1.82) is 0 Å². The smallest absolute Gasteiger partial charge is 0.303 e. The number of hydrogen-bond donors (Lipinski definition) is 4. The van der Waals surface area contributed by atoms with Crippen LogP contribution < -0.4 is 0 Å². The van der Waals surface area contributed by atoms with Crippen LogP contribution in [0.25, 0.3) is 0 Å². The maximum atomic E-state index is 10.5. The minimum atomic E-state index is -0.925. The van der Waals surface area contributed by atoms with Crippen LogP contribution in [-0.4, -0.2) is 44.7 Å². The lowest BCUT2D eigenvalue weighted by Crippen LogP contribution is -2.20. The molecule has 0 radical (unpaired) electrons. The van der Waals surface area contributed by atoms with E-state index in [4.69, 9.17) is 7.85 Å². The maximum Gasteiger partial charge on any atom is 0.303 e. The van der Waals surface area contributed by atoms with E-state index in [-0.39, 0.29) is 49.6 Å². The van der Waals surface area contributed by atoms with Crippen LogP contribution in [0.2, 0.25) is 0 Å². The molecule has 0 bridgehead atoms. The Morgan fingerprint density at radius 3 is 2.68 bits per heavy atom. The summed E-state index contributed by atoms with van der Waals surface area (Å²) in [6.45, 7) is 2.09. The lowest BCUT2D eigenvalue weighted by molar-refractivity contribution is -0.137. The molecule has 0 aliphatic heterocycles. The summed E-state index contributed by atoms with van der Waals surface area (Å²) in [5, 5.41) is 39.2. The van der Waals surface area contributed by atoms with Gasteiger partial charge in [0.2, 0.25) is 0 Å². The Balaban J connectivity index is 2.68. The molecule has 4 N–H and O–H groups in total. The van der Waals surface area contributed by atoms with Gasteiger partial charge in [-0.25, -0.2) is 0 Å². The van der Waals surface area contributed by atoms with Crippen molar-refractivity contribution in [1.82, 2.24) is 0 Å². The Morgan fingerprint density at radius 2 is 2.00 bits per heavy atom. The zero-order valence-corrected chi connectivity index (χ0v) is 15.1. The molecule has 1 aliphatic carbocycles. The molecule has 5 heteroatoms. The van der Waals surface area contributed by atoms with Crippen molar-refractivity contribution in [3.63, 3.8) is 0 Å². The van der Waals surface area contributed by atoms with E-state index < -0.39 is 24.3 Å². The van der Waals surface area contributed by atoms with Crippen molar-refractivity contribution in [2.45, 2.75) is 83.0 Å². The van der Waals surface area contributed by atoms with Crippen molar-refractivity contribution in [3.8, 4) is 0 Å². The van der Waals surface area contributed by atoms with E-state index in [1.165, 1.54) is 0 Å². The highest BCUT2D eigenvalue weighted by Gasteiger charge is 2.39. The fourth-order valence-electron chi connectivity index (χ4n) is 3.23. The Bertz CT molecular complexity index is 521. The lowest BCUT2D eigenvalue weighted by Gasteiger charge is -2.19. The number of hydrogen-bond acceptors (Lipinski definition) is 4. The Hall–Kier alpha value is -1.17. The standard InChI is InChI=1S/C20H34O5/c1-2-3-6-9-15(21)12-13-17-16(18(22)14-19(17)23)10-7-4-5-8-11-20(24)25/h4,7,12-13,15-19,21-23H,2-3,5-6,8-11,14H2,1H3,(H,24,25)/b7-4-,13-12+/t15-,16+,17-,18+,19-/m1/s1/i4T,7T. The normalized spacial score (nSPS) is 30.1. The molecule has 1 fully saturated rings. The molecule has 5 atom stereocenters. The molecule has 1 rings (SSSR count). The first kappa shape index (κ1) is 18.6. The first-order chi connectivity index (χ1) is 12.8. The molecule has 0 amide bonds. The molecule has 0 saturated heterocycles. The number of carboxylic acids is 1. The van der Waals surface area contributed by atoms with E-state index in [0.717, 1.165) is 19.3 Å².